The summed E-state index contributed by atoms with van der Waals surface area (Å²) in [6.45, 7) is 11.4. The Kier molecular flexibility index (Phi) is 3.64. The molecule has 6 heteroatoms. The van der Waals surface area contributed by atoms with Crippen molar-refractivity contribution in [2.75, 3.05) is 6.54 Å². The predicted octanol–water partition coefficient (Wildman–Crippen LogP) is 2.75. The highest BCUT2D eigenvalue weighted by Gasteiger charge is 2.24. The highest BCUT2D eigenvalue weighted by molar-refractivity contribution is 5.48. The monoisotopic (exact) mass is 324 g/mol. The van der Waals surface area contributed by atoms with Crippen molar-refractivity contribution >= 4 is 5.65 Å². The third-order valence-corrected chi connectivity index (χ3v) is 4.84. The number of aromatic amines is 1. The fraction of sp³-hybridized carbons (Fsp3) is 0.500. The molecule has 4 rings (SSSR count). The predicted molar refractivity (Wildman–Crippen MR) is 93.0 cm³/mol. The number of hydrogen-bond acceptors (Lipinski definition) is 4. The second-order valence-electron chi connectivity index (χ2n) is 7.13. The summed E-state index contributed by atoms with van der Waals surface area (Å²) in [6, 6.07) is 2.07. The van der Waals surface area contributed by atoms with E-state index in [2.05, 4.69) is 47.0 Å². The fourth-order valence-electron chi connectivity index (χ4n) is 3.65. The maximum absolute atomic E-state index is 4.70. The molecule has 0 unspecified atom stereocenters. The number of nitrogens with one attached hydrogen (secondary N) is 1. The third-order valence-electron chi connectivity index (χ3n) is 4.84. The summed E-state index contributed by atoms with van der Waals surface area (Å²) < 4.78 is 1.94. The van der Waals surface area contributed by atoms with Crippen LogP contribution in [0.25, 0.3) is 5.65 Å². The van der Waals surface area contributed by atoms with Crippen LogP contribution in [0.1, 0.15) is 53.7 Å². The van der Waals surface area contributed by atoms with E-state index >= 15 is 0 Å². The zero-order valence-electron chi connectivity index (χ0n) is 14.8. The van der Waals surface area contributed by atoms with Crippen molar-refractivity contribution in [2.24, 2.45) is 0 Å². The Morgan fingerprint density at radius 2 is 2.12 bits per heavy atom. The molecule has 0 saturated heterocycles. The van der Waals surface area contributed by atoms with Gasteiger partial charge in [-0.05, 0) is 25.8 Å². The molecule has 3 aromatic heterocycles. The number of rotatable bonds is 3. The number of aryl methyl sites for hydroxylation is 2. The summed E-state index contributed by atoms with van der Waals surface area (Å²) in [5.41, 5.74) is 8.24. The normalized spacial score (nSPS) is 15.4. The second kappa shape index (κ2) is 5.70. The van der Waals surface area contributed by atoms with Crippen LogP contribution >= 0.6 is 0 Å². The van der Waals surface area contributed by atoms with Crippen LogP contribution < -0.4 is 0 Å². The minimum atomic E-state index is 0.453. The minimum Gasteiger partial charge on any atom is -0.294 e. The molecule has 0 saturated carbocycles. The Labute approximate surface area is 141 Å². The average molecular weight is 324 g/mol. The molecule has 1 aliphatic heterocycles. The van der Waals surface area contributed by atoms with E-state index in [4.69, 9.17) is 4.98 Å². The van der Waals surface area contributed by atoms with Crippen molar-refractivity contribution in [2.45, 2.75) is 53.1 Å². The van der Waals surface area contributed by atoms with Crippen LogP contribution in [0.5, 0.6) is 0 Å². The van der Waals surface area contributed by atoms with Gasteiger partial charge in [0.15, 0.2) is 5.65 Å². The van der Waals surface area contributed by atoms with Gasteiger partial charge in [0, 0.05) is 54.3 Å². The van der Waals surface area contributed by atoms with E-state index in [1.54, 1.807) is 0 Å². The molecule has 0 aliphatic carbocycles. The number of aromatic nitrogens is 5. The number of fused-ring (bicyclic) bond motifs is 2. The molecule has 1 N–H and O–H groups in total. The van der Waals surface area contributed by atoms with E-state index in [0.29, 0.717) is 5.92 Å². The lowest BCUT2D eigenvalue weighted by Crippen LogP contribution is -2.30. The lowest BCUT2D eigenvalue weighted by molar-refractivity contribution is 0.244. The Hall–Kier alpha value is -2.21. The summed E-state index contributed by atoms with van der Waals surface area (Å²) in [6.07, 6.45) is 2.99. The van der Waals surface area contributed by atoms with E-state index in [1.807, 2.05) is 17.6 Å². The van der Waals surface area contributed by atoms with Crippen LogP contribution in [-0.2, 0) is 19.5 Å². The van der Waals surface area contributed by atoms with Gasteiger partial charge in [0.2, 0.25) is 0 Å². The van der Waals surface area contributed by atoms with Crippen LogP contribution in [0.3, 0.4) is 0 Å². The molecule has 3 aromatic rings. The Morgan fingerprint density at radius 1 is 1.29 bits per heavy atom. The molecule has 0 amide bonds. The first-order valence-electron chi connectivity index (χ1n) is 8.62. The zero-order valence-corrected chi connectivity index (χ0v) is 14.8. The highest BCUT2D eigenvalue weighted by atomic mass is 15.3. The van der Waals surface area contributed by atoms with Gasteiger partial charge in [0.05, 0.1) is 11.9 Å². The van der Waals surface area contributed by atoms with Crippen molar-refractivity contribution in [1.82, 2.24) is 29.7 Å². The van der Waals surface area contributed by atoms with Crippen LogP contribution in [0.2, 0.25) is 0 Å². The highest BCUT2D eigenvalue weighted by Crippen LogP contribution is 2.26. The Bertz CT molecular complexity index is 888. The molecule has 0 fully saturated rings. The molecule has 1 aliphatic rings. The van der Waals surface area contributed by atoms with Crippen molar-refractivity contribution in [3.63, 3.8) is 0 Å². The summed E-state index contributed by atoms with van der Waals surface area (Å²) in [7, 11) is 0. The van der Waals surface area contributed by atoms with Crippen LogP contribution in [0, 0.1) is 13.8 Å². The van der Waals surface area contributed by atoms with Crippen molar-refractivity contribution in [3.8, 4) is 0 Å². The minimum absolute atomic E-state index is 0.453. The summed E-state index contributed by atoms with van der Waals surface area (Å²) in [5.74, 6) is 0.453. The van der Waals surface area contributed by atoms with E-state index in [0.717, 1.165) is 43.1 Å². The fourth-order valence-corrected chi connectivity index (χ4v) is 3.65. The molecular weight excluding hydrogens is 300 g/mol. The van der Waals surface area contributed by atoms with Crippen molar-refractivity contribution < 1.29 is 0 Å². The average Bonchev–Trinajstić information content (AvgIpc) is 3.11. The smallest absolute Gasteiger partial charge is 0.159 e. The van der Waals surface area contributed by atoms with Crippen LogP contribution in [-0.4, -0.2) is 36.2 Å². The molecule has 0 radical (unpaired) electrons. The van der Waals surface area contributed by atoms with Gasteiger partial charge >= 0.3 is 0 Å². The zero-order chi connectivity index (χ0) is 16.8. The molecule has 24 heavy (non-hydrogen) atoms. The molecule has 0 aromatic carbocycles. The summed E-state index contributed by atoms with van der Waals surface area (Å²) in [4.78, 5) is 7.17. The van der Waals surface area contributed by atoms with Gasteiger partial charge < -0.3 is 0 Å². The van der Waals surface area contributed by atoms with E-state index in [9.17, 15) is 0 Å². The van der Waals surface area contributed by atoms with Gasteiger partial charge in [-0.15, -0.1) is 0 Å². The largest absolute Gasteiger partial charge is 0.294 e. The van der Waals surface area contributed by atoms with Gasteiger partial charge in [0.1, 0.15) is 0 Å². The van der Waals surface area contributed by atoms with E-state index < -0.39 is 0 Å². The quantitative estimate of drug-likeness (QED) is 0.805. The SMILES string of the molecule is Cc1cc(C)n2ncc(CN3CCc4[nH]nc(C(C)C)c4C3)c2n1. The first kappa shape index (κ1) is 15.3. The molecule has 126 valence electrons. The maximum Gasteiger partial charge on any atom is 0.159 e. The first-order valence-corrected chi connectivity index (χ1v) is 8.62. The summed E-state index contributed by atoms with van der Waals surface area (Å²) >= 11 is 0. The van der Waals surface area contributed by atoms with Crippen LogP contribution in [0.15, 0.2) is 12.3 Å². The van der Waals surface area contributed by atoms with Gasteiger partial charge in [0.25, 0.3) is 0 Å². The van der Waals surface area contributed by atoms with Crippen molar-refractivity contribution in [1.29, 1.82) is 0 Å². The second-order valence-corrected chi connectivity index (χ2v) is 7.13. The lowest BCUT2D eigenvalue weighted by atomic mass is 9.99. The van der Waals surface area contributed by atoms with Crippen molar-refractivity contribution in [3.05, 3.63) is 46.2 Å². The van der Waals surface area contributed by atoms with E-state index in [-0.39, 0.29) is 0 Å². The Balaban J connectivity index is 1.62. The maximum atomic E-state index is 4.70. The molecule has 0 bridgehead atoms. The molecule has 6 nitrogen and oxygen atoms in total. The first-order chi connectivity index (χ1) is 11.5. The molecule has 0 atom stereocenters. The van der Waals surface area contributed by atoms with Gasteiger partial charge in [-0.25, -0.2) is 9.50 Å². The van der Waals surface area contributed by atoms with Crippen LogP contribution in [0.4, 0.5) is 0 Å². The van der Waals surface area contributed by atoms with E-state index in [1.165, 1.54) is 22.5 Å². The molecule has 4 heterocycles. The molecule has 0 spiro atoms. The lowest BCUT2D eigenvalue weighted by Gasteiger charge is -2.27. The number of hydrogen-bond donors (Lipinski definition) is 1. The number of H-pyrrole nitrogens is 1. The Morgan fingerprint density at radius 3 is 2.92 bits per heavy atom. The topological polar surface area (TPSA) is 62.1 Å². The number of nitrogens with zero attached hydrogens (tertiary/aromatic N) is 5. The van der Waals surface area contributed by atoms with Gasteiger partial charge in [-0.2, -0.15) is 10.2 Å². The standard InChI is InChI=1S/C18H24N6/c1-11(2)17-15-10-23(6-5-16(15)21-22-17)9-14-8-19-24-13(4)7-12(3)20-18(14)24/h7-8,11H,5-6,9-10H2,1-4H3,(H,21,22). The third kappa shape index (κ3) is 2.51. The summed E-state index contributed by atoms with van der Waals surface area (Å²) in [5, 5.41) is 12.3. The van der Waals surface area contributed by atoms with Gasteiger partial charge in [-0.1, -0.05) is 13.8 Å². The molecular formula is C18H24N6. The van der Waals surface area contributed by atoms with Gasteiger partial charge in [-0.3, -0.25) is 10.00 Å².